The molecular formula is C13H22N2O4. The van der Waals surface area contributed by atoms with Gasteiger partial charge in [0.15, 0.2) is 0 Å². The fraction of sp³-hybridized carbons (Fsp3) is 0.846. The molecule has 2 heterocycles. The molecule has 19 heavy (non-hydrogen) atoms. The Bertz CT molecular complexity index is 340. The molecule has 0 aliphatic carbocycles. The second-order valence-electron chi connectivity index (χ2n) is 5.32. The fourth-order valence-electron chi connectivity index (χ4n) is 2.63. The van der Waals surface area contributed by atoms with E-state index in [0.717, 1.165) is 25.9 Å². The molecular weight excluding hydrogens is 248 g/mol. The summed E-state index contributed by atoms with van der Waals surface area (Å²) in [4.78, 5) is 26.7. The van der Waals surface area contributed by atoms with Crippen LogP contribution >= 0.6 is 0 Å². The molecule has 1 amide bonds. The summed E-state index contributed by atoms with van der Waals surface area (Å²) in [6, 6.07) is 0. The summed E-state index contributed by atoms with van der Waals surface area (Å²) < 4.78 is 5.60. The lowest BCUT2D eigenvalue weighted by Crippen LogP contribution is -2.51. The van der Waals surface area contributed by atoms with E-state index in [1.165, 1.54) is 0 Å². The predicted molar refractivity (Wildman–Crippen MR) is 68.8 cm³/mol. The van der Waals surface area contributed by atoms with E-state index in [2.05, 4.69) is 4.90 Å². The van der Waals surface area contributed by atoms with E-state index < -0.39 is 5.97 Å². The monoisotopic (exact) mass is 270 g/mol. The van der Waals surface area contributed by atoms with Crippen molar-refractivity contribution in [3.05, 3.63) is 0 Å². The molecule has 0 spiro atoms. The van der Waals surface area contributed by atoms with Gasteiger partial charge in [-0.15, -0.1) is 0 Å². The highest BCUT2D eigenvalue weighted by molar-refractivity contribution is 5.81. The third-order valence-electron chi connectivity index (χ3n) is 3.83. The molecule has 0 radical (unpaired) electrons. The van der Waals surface area contributed by atoms with Gasteiger partial charge in [0.1, 0.15) is 6.10 Å². The molecule has 2 aliphatic heterocycles. The Hall–Kier alpha value is -1.14. The van der Waals surface area contributed by atoms with E-state index in [0.29, 0.717) is 19.6 Å². The molecule has 2 fully saturated rings. The third-order valence-corrected chi connectivity index (χ3v) is 3.83. The number of carbonyl (C=O) groups is 2. The van der Waals surface area contributed by atoms with E-state index >= 15 is 0 Å². The molecule has 0 aromatic heterocycles. The molecule has 2 aliphatic rings. The standard InChI is InChI=1S/C13H22N2O4/c1-10-2-3-11(19-10)13(18)15-8-6-14(7-9-15)5-4-12(16)17/h10-11H,2-9H2,1H3,(H,16,17). The zero-order chi connectivity index (χ0) is 13.8. The molecule has 6 nitrogen and oxygen atoms in total. The van der Waals surface area contributed by atoms with Gasteiger partial charge in [-0.3, -0.25) is 14.5 Å². The van der Waals surface area contributed by atoms with Crippen LogP contribution in [-0.4, -0.2) is 71.7 Å². The molecule has 2 unspecified atom stereocenters. The van der Waals surface area contributed by atoms with Crippen molar-refractivity contribution in [1.29, 1.82) is 0 Å². The number of aliphatic carboxylic acids is 1. The fourth-order valence-corrected chi connectivity index (χ4v) is 2.63. The first kappa shape index (κ1) is 14.3. The van der Waals surface area contributed by atoms with Gasteiger partial charge in [0.25, 0.3) is 5.91 Å². The third kappa shape index (κ3) is 3.91. The topological polar surface area (TPSA) is 70.1 Å². The quantitative estimate of drug-likeness (QED) is 0.788. The zero-order valence-electron chi connectivity index (χ0n) is 11.4. The van der Waals surface area contributed by atoms with Crippen LogP contribution in [0, 0.1) is 0 Å². The average molecular weight is 270 g/mol. The van der Waals surface area contributed by atoms with Gasteiger partial charge in [0.2, 0.25) is 0 Å². The van der Waals surface area contributed by atoms with Gasteiger partial charge >= 0.3 is 5.97 Å². The maximum atomic E-state index is 12.2. The maximum Gasteiger partial charge on any atom is 0.304 e. The summed E-state index contributed by atoms with van der Waals surface area (Å²) in [5.41, 5.74) is 0. The van der Waals surface area contributed by atoms with Crippen molar-refractivity contribution in [3.63, 3.8) is 0 Å². The van der Waals surface area contributed by atoms with E-state index in [-0.39, 0.29) is 24.5 Å². The Kier molecular flexibility index (Phi) is 4.76. The highest BCUT2D eigenvalue weighted by Gasteiger charge is 2.32. The lowest BCUT2D eigenvalue weighted by atomic mass is 10.1. The molecule has 6 heteroatoms. The first-order valence-corrected chi connectivity index (χ1v) is 6.94. The van der Waals surface area contributed by atoms with Gasteiger partial charge in [-0.2, -0.15) is 0 Å². The van der Waals surface area contributed by atoms with Crippen molar-refractivity contribution in [1.82, 2.24) is 9.80 Å². The summed E-state index contributed by atoms with van der Waals surface area (Å²) in [5, 5.41) is 8.64. The molecule has 2 saturated heterocycles. The first-order valence-electron chi connectivity index (χ1n) is 6.94. The molecule has 1 N–H and O–H groups in total. The normalized spacial score (nSPS) is 28.6. The average Bonchev–Trinajstić information content (AvgIpc) is 2.83. The summed E-state index contributed by atoms with van der Waals surface area (Å²) in [6.45, 7) is 5.41. The van der Waals surface area contributed by atoms with Crippen molar-refractivity contribution >= 4 is 11.9 Å². The van der Waals surface area contributed by atoms with Crippen LogP contribution in [0.5, 0.6) is 0 Å². The van der Waals surface area contributed by atoms with Crippen molar-refractivity contribution in [2.45, 2.75) is 38.4 Å². The Morgan fingerprint density at radius 1 is 1.21 bits per heavy atom. The first-order chi connectivity index (χ1) is 9.06. The highest BCUT2D eigenvalue weighted by Crippen LogP contribution is 2.21. The van der Waals surface area contributed by atoms with Gasteiger partial charge in [-0.05, 0) is 19.8 Å². The number of carbonyl (C=O) groups excluding carboxylic acids is 1. The number of hydrogen-bond donors (Lipinski definition) is 1. The molecule has 108 valence electrons. The number of ether oxygens (including phenoxy) is 1. The zero-order valence-corrected chi connectivity index (χ0v) is 11.4. The molecule has 0 aromatic carbocycles. The Labute approximate surface area is 113 Å². The maximum absolute atomic E-state index is 12.2. The van der Waals surface area contributed by atoms with Crippen LogP contribution in [0.15, 0.2) is 0 Å². The van der Waals surface area contributed by atoms with Crippen LogP contribution in [0.1, 0.15) is 26.2 Å². The van der Waals surface area contributed by atoms with Crippen molar-refractivity contribution in [3.8, 4) is 0 Å². The van der Waals surface area contributed by atoms with E-state index in [1.54, 1.807) is 0 Å². The molecule has 2 rings (SSSR count). The summed E-state index contributed by atoms with van der Waals surface area (Å²) in [7, 11) is 0. The number of carboxylic acid groups (broad SMARTS) is 1. The van der Waals surface area contributed by atoms with Crippen LogP contribution < -0.4 is 0 Å². The van der Waals surface area contributed by atoms with E-state index in [1.807, 2.05) is 11.8 Å². The van der Waals surface area contributed by atoms with E-state index in [9.17, 15) is 9.59 Å². The number of nitrogens with zero attached hydrogens (tertiary/aromatic N) is 2. The summed E-state index contributed by atoms with van der Waals surface area (Å²) in [5.74, 6) is -0.672. The molecule has 2 atom stereocenters. The van der Waals surface area contributed by atoms with Gasteiger partial charge in [-0.25, -0.2) is 0 Å². The highest BCUT2D eigenvalue weighted by atomic mass is 16.5. The number of amides is 1. The number of hydrogen-bond acceptors (Lipinski definition) is 4. The number of carboxylic acids is 1. The van der Waals surface area contributed by atoms with Gasteiger partial charge in [0.05, 0.1) is 12.5 Å². The Morgan fingerprint density at radius 2 is 1.89 bits per heavy atom. The summed E-state index contributed by atoms with van der Waals surface area (Å²) >= 11 is 0. The number of piperazine rings is 1. The molecule has 0 bridgehead atoms. The largest absolute Gasteiger partial charge is 0.481 e. The van der Waals surface area contributed by atoms with Crippen LogP contribution in [0.4, 0.5) is 0 Å². The predicted octanol–water partition coefficient (Wildman–Crippen LogP) is 0.173. The van der Waals surface area contributed by atoms with Crippen molar-refractivity contribution in [2.75, 3.05) is 32.7 Å². The van der Waals surface area contributed by atoms with Crippen LogP contribution in [-0.2, 0) is 14.3 Å². The second-order valence-corrected chi connectivity index (χ2v) is 5.32. The Morgan fingerprint density at radius 3 is 2.42 bits per heavy atom. The van der Waals surface area contributed by atoms with Gasteiger partial charge < -0.3 is 14.7 Å². The SMILES string of the molecule is CC1CCC(C(=O)N2CCN(CCC(=O)O)CC2)O1. The molecule has 0 saturated carbocycles. The number of rotatable bonds is 4. The summed E-state index contributed by atoms with van der Waals surface area (Å²) in [6.07, 6.45) is 1.86. The second kappa shape index (κ2) is 6.34. The van der Waals surface area contributed by atoms with Crippen molar-refractivity contribution in [2.24, 2.45) is 0 Å². The minimum atomic E-state index is -0.771. The lowest BCUT2D eigenvalue weighted by molar-refractivity contribution is -0.145. The van der Waals surface area contributed by atoms with Gasteiger partial charge in [0, 0.05) is 32.7 Å². The minimum absolute atomic E-state index is 0.0993. The van der Waals surface area contributed by atoms with Crippen LogP contribution in [0.25, 0.3) is 0 Å². The van der Waals surface area contributed by atoms with Crippen molar-refractivity contribution < 1.29 is 19.4 Å². The van der Waals surface area contributed by atoms with Gasteiger partial charge in [-0.1, -0.05) is 0 Å². The Balaban J connectivity index is 1.73. The van der Waals surface area contributed by atoms with Crippen LogP contribution in [0.2, 0.25) is 0 Å². The smallest absolute Gasteiger partial charge is 0.304 e. The van der Waals surface area contributed by atoms with Crippen LogP contribution in [0.3, 0.4) is 0 Å². The minimum Gasteiger partial charge on any atom is -0.481 e. The lowest BCUT2D eigenvalue weighted by Gasteiger charge is -2.35. The molecule has 0 aromatic rings. The van der Waals surface area contributed by atoms with E-state index in [4.69, 9.17) is 9.84 Å².